The molecular formula is C28H33F3O12S2. The maximum atomic E-state index is 14.3. The van der Waals surface area contributed by atoms with Crippen molar-refractivity contribution >= 4 is 20.4 Å². The second-order valence-electron chi connectivity index (χ2n) is 8.52. The van der Waals surface area contributed by atoms with E-state index in [-0.39, 0.29) is 66.4 Å². The predicted molar refractivity (Wildman–Crippen MR) is 157 cm³/mol. The summed E-state index contributed by atoms with van der Waals surface area (Å²) in [6.45, 7) is 0. The predicted octanol–water partition coefficient (Wildman–Crippen LogP) is 5.83. The minimum atomic E-state index is -6.43. The monoisotopic (exact) mass is 682 g/mol. The number of ether oxygens (including phenoxy) is 9. The van der Waals surface area contributed by atoms with Crippen LogP contribution < -0.4 is 42.6 Å². The van der Waals surface area contributed by atoms with Gasteiger partial charge < -0.3 is 42.6 Å². The van der Waals surface area contributed by atoms with Gasteiger partial charge in [-0.15, -0.1) is 0 Å². The first kappa shape index (κ1) is 35.4. The fourth-order valence-electron chi connectivity index (χ4n) is 4.54. The third-order valence-corrected chi connectivity index (χ3v) is 11.3. The van der Waals surface area contributed by atoms with Gasteiger partial charge in [-0.1, -0.05) is 0 Å². The first-order chi connectivity index (χ1) is 21.3. The molecule has 0 radical (unpaired) electrons. The maximum absolute atomic E-state index is 14.3. The molecule has 45 heavy (non-hydrogen) atoms. The van der Waals surface area contributed by atoms with Crippen LogP contribution in [0.3, 0.4) is 0 Å². The molecule has 0 aromatic heterocycles. The van der Waals surface area contributed by atoms with Crippen LogP contribution in [0.5, 0.6) is 51.7 Å². The van der Waals surface area contributed by atoms with Gasteiger partial charge >= 0.3 is 15.6 Å². The summed E-state index contributed by atoms with van der Waals surface area (Å²) in [6.07, 6.45) is 0. The van der Waals surface area contributed by atoms with Gasteiger partial charge in [-0.3, -0.25) is 0 Å². The molecule has 3 aromatic carbocycles. The summed E-state index contributed by atoms with van der Waals surface area (Å²) in [5.41, 5.74) is -5.89. The Morgan fingerprint density at radius 2 is 0.711 bits per heavy atom. The second kappa shape index (κ2) is 13.9. The third-order valence-electron chi connectivity index (χ3n) is 6.41. The van der Waals surface area contributed by atoms with Crippen LogP contribution in [0.4, 0.5) is 13.2 Å². The van der Waals surface area contributed by atoms with E-state index in [1.54, 1.807) is 0 Å². The van der Waals surface area contributed by atoms with Crippen LogP contribution in [0, 0.1) is 0 Å². The van der Waals surface area contributed by atoms with Crippen LogP contribution in [0.2, 0.25) is 0 Å². The number of hydrogen-bond acceptors (Lipinski definition) is 12. The summed E-state index contributed by atoms with van der Waals surface area (Å²) in [5, 5.41) is 0. The molecule has 0 spiro atoms. The third kappa shape index (κ3) is 5.98. The highest BCUT2D eigenvalue weighted by Gasteiger charge is 2.55. The number of rotatable bonds is 14. The Morgan fingerprint density at radius 1 is 0.444 bits per heavy atom. The number of halogens is 3. The van der Waals surface area contributed by atoms with E-state index in [0.29, 0.717) is 0 Å². The van der Waals surface area contributed by atoms with Crippen molar-refractivity contribution in [3.05, 3.63) is 36.4 Å². The van der Waals surface area contributed by atoms with Crippen LogP contribution in [-0.4, -0.2) is 77.9 Å². The van der Waals surface area contributed by atoms with Gasteiger partial charge in [0.05, 0.1) is 78.7 Å². The topological polar surface area (TPSA) is 126 Å². The minimum Gasteiger partial charge on any atom is -0.493 e. The van der Waals surface area contributed by atoms with Crippen molar-refractivity contribution in [3.8, 4) is 51.7 Å². The Labute approximate surface area is 260 Å². The standard InChI is InChI=1S/C28H33F3O12S2/c1-34-16-10-13-19(25(40-7)22(16)37-4)44(43-45(32,33)28(29,30)31,20-14-11-17(35-2)23(38-5)26(20)41-8)21-15-12-18(36-3)24(39-6)27(21)42-9/h10-15H,1-9H3. The van der Waals surface area contributed by atoms with E-state index in [1.807, 2.05) is 0 Å². The lowest BCUT2D eigenvalue weighted by Crippen LogP contribution is -2.28. The van der Waals surface area contributed by atoms with E-state index in [4.69, 9.17) is 46.3 Å². The number of methoxy groups -OCH3 is 9. The Kier molecular flexibility index (Phi) is 10.9. The summed E-state index contributed by atoms with van der Waals surface area (Å²) in [7, 11) is 0.726. The van der Waals surface area contributed by atoms with Crippen LogP contribution in [0.25, 0.3) is 0 Å². The van der Waals surface area contributed by atoms with Gasteiger partial charge in [-0.2, -0.15) is 25.2 Å². The van der Waals surface area contributed by atoms with Gasteiger partial charge in [0, 0.05) is 0 Å². The lowest BCUT2D eigenvalue weighted by atomic mass is 10.3. The average Bonchev–Trinajstić information content (AvgIpc) is 3.04. The summed E-state index contributed by atoms with van der Waals surface area (Å²) in [5.74, 6) is -0.576. The van der Waals surface area contributed by atoms with Crippen molar-refractivity contribution in [2.24, 2.45) is 0 Å². The summed E-state index contributed by atoms with van der Waals surface area (Å²) in [6, 6.07) is 7.91. The van der Waals surface area contributed by atoms with Crippen molar-refractivity contribution in [2.75, 3.05) is 64.0 Å². The van der Waals surface area contributed by atoms with Gasteiger partial charge in [0.2, 0.25) is 17.2 Å². The smallest absolute Gasteiger partial charge is 0.493 e. The van der Waals surface area contributed by atoms with Gasteiger partial charge in [0.25, 0.3) is 0 Å². The van der Waals surface area contributed by atoms with E-state index in [0.717, 1.165) is 0 Å². The first-order valence-corrected chi connectivity index (χ1v) is 15.5. The zero-order chi connectivity index (χ0) is 33.7. The highest BCUT2D eigenvalue weighted by atomic mass is 32.3. The Bertz CT molecular complexity index is 1470. The molecule has 0 aliphatic heterocycles. The molecule has 0 fully saturated rings. The molecule has 0 atom stereocenters. The lowest BCUT2D eigenvalue weighted by molar-refractivity contribution is -0.0496. The van der Waals surface area contributed by atoms with E-state index < -0.39 is 25.9 Å². The normalized spacial score (nSPS) is 12.2. The van der Waals surface area contributed by atoms with Crippen molar-refractivity contribution < 1.29 is 67.9 Å². The van der Waals surface area contributed by atoms with E-state index in [2.05, 4.69) is 0 Å². The van der Waals surface area contributed by atoms with Gasteiger partial charge in [0.1, 0.15) is 0 Å². The lowest BCUT2D eigenvalue weighted by Gasteiger charge is -2.41. The quantitative estimate of drug-likeness (QED) is 0.190. The van der Waals surface area contributed by atoms with Crippen LogP contribution in [0.1, 0.15) is 0 Å². The molecule has 12 nitrogen and oxygen atoms in total. The summed E-state index contributed by atoms with van der Waals surface area (Å²) < 4.78 is 125. The van der Waals surface area contributed by atoms with Gasteiger partial charge in [-0.05, 0) is 46.7 Å². The number of benzene rings is 3. The molecular weight excluding hydrogens is 649 g/mol. The molecule has 0 amide bonds. The molecule has 0 unspecified atom stereocenters. The summed E-state index contributed by atoms with van der Waals surface area (Å²) >= 11 is 0. The zero-order valence-electron chi connectivity index (χ0n) is 25.8. The molecule has 0 aliphatic carbocycles. The van der Waals surface area contributed by atoms with Crippen molar-refractivity contribution in [2.45, 2.75) is 20.2 Å². The average molecular weight is 683 g/mol. The molecule has 0 saturated heterocycles. The Hall–Kier alpha value is -4.09. The zero-order valence-corrected chi connectivity index (χ0v) is 27.4. The molecule has 0 aliphatic rings. The molecule has 3 rings (SSSR count). The number of alkyl halides is 3. The Morgan fingerprint density at radius 3 is 0.911 bits per heavy atom. The highest BCUT2D eigenvalue weighted by Crippen LogP contribution is 2.78. The van der Waals surface area contributed by atoms with Crippen LogP contribution >= 0.6 is 10.3 Å². The molecule has 17 heteroatoms. The van der Waals surface area contributed by atoms with E-state index in [1.165, 1.54) is 100 Å². The number of hydrogen-bond donors (Lipinski definition) is 0. The molecule has 0 N–H and O–H groups in total. The first-order valence-electron chi connectivity index (χ1n) is 12.5. The van der Waals surface area contributed by atoms with Crippen LogP contribution in [-0.2, 0) is 13.7 Å². The van der Waals surface area contributed by atoms with Crippen LogP contribution in [0.15, 0.2) is 51.1 Å². The molecule has 0 bridgehead atoms. The second-order valence-corrected chi connectivity index (χ2v) is 12.9. The van der Waals surface area contributed by atoms with Gasteiger partial charge in [-0.25, -0.2) is 0 Å². The van der Waals surface area contributed by atoms with E-state index in [9.17, 15) is 21.6 Å². The Balaban J connectivity index is 2.85. The fourth-order valence-corrected chi connectivity index (χ4v) is 9.60. The van der Waals surface area contributed by atoms with Gasteiger partial charge in [0.15, 0.2) is 34.5 Å². The van der Waals surface area contributed by atoms with Crippen molar-refractivity contribution in [3.63, 3.8) is 0 Å². The highest BCUT2D eigenvalue weighted by molar-refractivity contribution is 8.33. The molecule has 250 valence electrons. The largest absolute Gasteiger partial charge is 0.524 e. The molecule has 3 aromatic rings. The van der Waals surface area contributed by atoms with Crippen molar-refractivity contribution in [1.82, 2.24) is 0 Å². The molecule has 0 saturated carbocycles. The molecule has 0 heterocycles. The SMILES string of the molecule is COc1ccc(S(OS(=O)(=O)C(F)(F)F)(c2ccc(OC)c(OC)c2OC)c2ccc(OC)c(OC)c2OC)c(OC)c1OC. The van der Waals surface area contributed by atoms with Crippen molar-refractivity contribution in [1.29, 1.82) is 0 Å². The fraction of sp³-hybridized carbons (Fsp3) is 0.357. The minimum absolute atomic E-state index is 0.0822. The summed E-state index contributed by atoms with van der Waals surface area (Å²) in [4.78, 5) is -0.690. The maximum Gasteiger partial charge on any atom is 0.524 e. The van der Waals surface area contributed by atoms with E-state index >= 15 is 0 Å².